The maximum absolute atomic E-state index is 12.6. The van der Waals surface area contributed by atoms with Crippen LogP contribution >= 0.6 is 0 Å². The van der Waals surface area contributed by atoms with Gasteiger partial charge in [-0.15, -0.1) is 0 Å². The van der Waals surface area contributed by atoms with Crippen molar-refractivity contribution in [3.8, 4) is 0 Å². The molecule has 0 bridgehead atoms. The van der Waals surface area contributed by atoms with E-state index in [4.69, 9.17) is 13.9 Å². The van der Waals surface area contributed by atoms with Crippen molar-refractivity contribution in [3.63, 3.8) is 0 Å². The molecule has 2 aliphatic heterocycles. The van der Waals surface area contributed by atoms with Gasteiger partial charge in [-0.25, -0.2) is 4.79 Å². The van der Waals surface area contributed by atoms with Gasteiger partial charge in [-0.05, 0) is 56.9 Å². The summed E-state index contributed by atoms with van der Waals surface area (Å²) in [6.07, 6.45) is 6.58. The average molecular weight is 455 g/mol. The number of esters is 1. The predicted molar refractivity (Wildman–Crippen MR) is 125 cm³/mol. The van der Waals surface area contributed by atoms with Gasteiger partial charge in [-0.3, -0.25) is 4.79 Å². The van der Waals surface area contributed by atoms with Crippen molar-refractivity contribution in [2.45, 2.75) is 83.2 Å². The Kier molecular flexibility index (Phi) is 11.0. The Labute approximate surface area is 189 Å². The normalized spacial score (nSPS) is 24.8. The third kappa shape index (κ3) is 8.58. The molecule has 0 aromatic rings. The number of likely N-dealkylation sites (N-methyl/N-ethyl adjacent to an activating group) is 1. The summed E-state index contributed by atoms with van der Waals surface area (Å²) in [5.74, 6) is -0.178. The lowest BCUT2D eigenvalue weighted by molar-refractivity contribution is -0.145. The van der Waals surface area contributed by atoms with Gasteiger partial charge >= 0.3 is 12.1 Å². The highest BCUT2D eigenvalue weighted by Crippen LogP contribution is 2.27. The Morgan fingerprint density at radius 1 is 1.13 bits per heavy atom. The minimum Gasteiger partial charge on any atom is -0.465 e. The van der Waals surface area contributed by atoms with Gasteiger partial charge in [0.25, 0.3) is 0 Å². The van der Waals surface area contributed by atoms with Crippen LogP contribution in [-0.4, -0.2) is 82.2 Å². The number of rotatable bonds is 6. The molecule has 0 radical (unpaired) electrons. The monoisotopic (exact) mass is 454 g/mol. The number of hydrogen-bond acceptors (Lipinski definition) is 6. The molecule has 1 fully saturated rings. The van der Waals surface area contributed by atoms with Crippen LogP contribution in [0.4, 0.5) is 4.79 Å². The average Bonchev–Trinajstić information content (AvgIpc) is 2.76. The molecule has 2 rings (SSSR count). The maximum Gasteiger partial charge on any atom is 0.410 e. The number of ether oxygens (including phenoxy) is 2. The minimum absolute atomic E-state index is 0.114. The zero-order valence-corrected chi connectivity index (χ0v) is 20.9. The molecule has 1 saturated heterocycles. The van der Waals surface area contributed by atoms with Crippen molar-refractivity contribution in [2.75, 3.05) is 39.8 Å². The first-order valence-electron chi connectivity index (χ1n) is 12.1. The molecule has 0 aliphatic carbocycles. The van der Waals surface area contributed by atoms with Crippen molar-refractivity contribution in [2.24, 2.45) is 0 Å². The molecule has 178 valence electrons. The second-order valence-corrected chi connectivity index (χ2v) is 13.5. The second-order valence-electron chi connectivity index (χ2n) is 8.77. The fraction of sp³-hybridized carbons (Fsp3) is 0.826. The summed E-state index contributed by atoms with van der Waals surface area (Å²) in [5.41, 5.74) is 0. The highest BCUT2D eigenvalue weighted by Gasteiger charge is 2.33. The molecule has 31 heavy (non-hydrogen) atoms. The number of hydrogen-bond donors (Lipinski definition) is 0. The van der Waals surface area contributed by atoms with Gasteiger partial charge in [-0.1, -0.05) is 26.8 Å². The first-order chi connectivity index (χ1) is 14.9. The smallest absolute Gasteiger partial charge is 0.410 e. The third-order valence-corrected chi connectivity index (χ3v) is 11.4. The van der Waals surface area contributed by atoms with E-state index in [1.807, 2.05) is 12.2 Å². The largest absolute Gasteiger partial charge is 0.465 e. The molecule has 0 spiro atoms. The quantitative estimate of drug-likeness (QED) is 0.340. The van der Waals surface area contributed by atoms with Crippen LogP contribution in [0, 0.1) is 0 Å². The van der Waals surface area contributed by atoms with Crippen LogP contribution in [0.15, 0.2) is 12.2 Å². The molecule has 0 saturated carbocycles. The minimum atomic E-state index is -1.81. The van der Waals surface area contributed by atoms with E-state index in [1.54, 1.807) is 4.90 Å². The van der Waals surface area contributed by atoms with E-state index in [9.17, 15) is 9.59 Å². The molecule has 0 aromatic heterocycles. The summed E-state index contributed by atoms with van der Waals surface area (Å²) in [4.78, 5) is 28.9. The van der Waals surface area contributed by atoms with Crippen molar-refractivity contribution in [1.82, 2.24) is 9.80 Å². The number of piperazine rings is 1. The molecule has 0 N–H and O–H groups in total. The van der Waals surface area contributed by atoms with E-state index >= 15 is 0 Å². The Morgan fingerprint density at radius 3 is 2.45 bits per heavy atom. The molecule has 2 aliphatic rings. The Hall–Kier alpha value is -1.38. The first kappa shape index (κ1) is 25.9. The van der Waals surface area contributed by atoms with Crippen LogP contribution < -0.4 is 0 Å². The number of amides is 1. The summed E-state index contributed by atoms with van der Waals surface area (Å²) in [6, 6.07) is 3.17. The Bertz CT molecular complexity index is 580. The molecule has 1 amide bonds. The standard InChI is InChI=1S/C23H42N2O5Si/c1-5-31(6-2,7-3)30-21-13-10-12-20(11-8-9-18-28-22(26)19-21)29-23(27)25-16-14-24(4)15-17-25/h8,11,20-21H,5-7,9-10,12-19H2,1-4H3. The number of carbonyl (C=O) groups is 2. The molecule has 0 aromatic carbocycles. The zero-order chi connectivity index (χ0) is 22.7. The van der Waals surface area contributed by atoms with E-state index in [0.717, 1.165) is 50.5 Å². The molecule has 7 nitrogen and oxygen atoms in total. The van der Waals surface area contributed by atoms with E-state index < -0.39 is 8.32 Å². The summed E-state index contributed by atoms with van der Waals surface area (Å²) in [7, 11) is 0.252. The summed E-state index contributed by atoms with van der Waals surface area (Å²) >= 11 is 0. The predicted octanol–water partition coefficient (Wildman–Crippen LogP) is 4.19. The highest BCUT2D eigenvalue weighted by molar-refractivity contribution is 6.73. The van der Waals surface area contributed by atoms with E-state index in [1.165, 1.54) is 0 Å². The second kappa shape index (κ2) is 13.2. The molecule has 2 unspecified atom stereocenters. The molecule has 2 atom stereocenters. The van der Waals surface area contributed by atoms with Crippen LogP contribution in [0.5, 0.6) is 0 Å². The van der Waals surface area contributed by atoms with E-state index in [-0.39, 0.29) is 24.3 Å². The third-order valence-electron chi connectivity index (χ3n) is 6.67. The van der Waals surface area contributed by atoms with Gasteiger partial charge in [0, 0.05) is 26.2 Å². The van der Waals surface area contributed by atoms with Crippen molar-refractivity contribution in [1.29, 1.82) is 0 Å². The van der Waals surface area contributed by atoms with Gasteiger partial charge in [-0.2, -0.15) is 0 Å². The van der Waals surface area contributed by atoms with Crippen LogP contribution in [0.1, 0.15) is 52.9 Å². The van der Waals surface area contributed by atoms with E-state index in [2.05, 4.69) is 32.7 Å². The fourth-order valence-electron chi connectivity index (χ4n) is 4.22. The highest BCUT2D eigenvalue weighted by atomic mass is 28.4. The lowest BCUT2D eigenvalue weighted by atomic mass is 10.1. The van der Waals surface area contributed by atoms with Crippen molar-refractivity contribution in [3.05, 3.63) is 12.2 Å². The van der Waals surface area contributed by atoms with Gasteiger partial charge in [0.2, 0.25) is 0 Å². The van der Waals surface area contributed by atoms with Crippen LogP contribution in [0.2, 0.25) is 18.1 Å². The number of nitrogens with zero attached hydrogens (tertiary/aromatic N) is 2. The zero-order valence-electron chi connectivity index (χ0n) is 19.9. The maximum atomic E-state index is 12.6. The van der Waals surface area contributed by atoms with Gasteiger partial charge in [0.15, 0.2) is 8.32 Å². The van der Waals surface area contributed by atoms with Crippen LogP contribution in [0.3, 0.4) is 0 Å². The number of cyclic esters (lactones) is 1. The fourth-order valence-corrected chi connectivity index (χ4v) is 7.13. The summed E-state index contributed by atoms with van der Waals surface area (Å²) in [5, 5.41) is 0. The van der Waals surface area contributed by atoms with Gasteiger partial charge < -0.3 is 23.7 Å². The van der Waals surface area contributed by atoms with Crippen LogP contribution in [0.25, 0.3) is 0 Å². The summed E-state index contributed by atoms with van der Waals surface area (Å²) in [6.45, 7) is 10.1. The van der Waals surface area contributed by atoms with Gasteiger partial charge in [0.1, 0.15) is 6.10 Å². The molecular formula is C23H42N2O5Si. The Morgan fingerprint density at radius 2 is 1.81 bits per heavy atom. The lowest BCUT2D eigenvalue weighted by Crippen LogP contribution is -2.47. The Balaban J connectivity index is 1.98. The molecule has 2 heterocycles. The lowest BCUT2D eigenvalue weighted by Gasteiger charge is -2.33. The van der Waals surface area contributed by atoms with Crippen LogP contribution in [-0.2, 0) is 18.7 Å². The first-order valence-corrected chi connectivity index (χ1v) is 14.6. The van der Waals surface area contributed by atoms with Crippen molar-refractivity contribution >= 4 is 20.4 Å². The topological polar surface area (TPSA) is 68.3 Å². The molecule has 8 heteroatoms. The van der Waals surface area contributed by atoms with Gasteiger partial charge in [0.05, 0.1) is 19.1 Å². The number of carbonyl (C=O) groups excluding carboxylic acids is 2. The molecular weight excluding hydrogens is 412 g/mol. The SMILES string of the molecule is CC[Si](CC)(CC)OC1CCCC(OC(=O)N2CCN(C)CC2)C=CCCOC(=O)C1. The van der Waals surface area contributed by atoms with Crippen molar-refractivity contribution < 1.29 is 23.5 Å². The summed E-state index contributed by atoms with van der Waals surface area (Å²) < 4.78 is 17.9. The van der Waals surface area contributed by atoms with E-state index in [0.29, 0.717) is 32.5 Å².